The maximum absolute atomic E-state index is 13.8. The normalized spacial score (nSPS) is 13.8. The van der Waals surface area contributed by atoms with E-state index < -0.39 is 33.9 Å². The van der Waals surface area contributed by atoms with Gasteiger partial charge in [-0.2, -0.15) is 0 Å². The van der Waals surface area contributed by atoms with Crippen molar-refractivity contribution in [3.05, 3.63) is 112 Å². The van der Waals surface area contributed by atoms with E-state index in [0.717, 1.165) is 27.4 Å². The lowest BCUT2D eigenvalue weighted by Crippen LogP contribution is -2.50. The van der Waals surface area contributed by atoms with Crippen molar-refractivity contribution in [2.24, 2.45) is 0 Å². The van der Waals surface area contributed by atoms with Crippen molar-refractivity contribution >= 4 is 50.5 Å². The molecule has 4 aromatic rings. The van der Waals surface area contributed by atoms with Crippen LogP contribution in [0.25, 0.3) is 0 Å². The van der Waals surface area contributed by atoms with Gasteiger partial charge in [-0.25, -0.2) is 13.4 Å². The molecule has 3 aromatic carbocycles. The summed E-state index contributed by atoms with van der Waals surface area (Å²) in [5, 5.41) is 14.0. The van der Waals surface area contributed by atoms with Gasteiger partial charge in [0.1, 0.15) is 0 Å². The van der Waals surface area contributed by atoms with Gasteiger partial charge < -0.3 is 27.0 Å². The van der Waals surface area contributed by atoms with E-state index in [1.54, 1.807) is 24.6 Å². The second-order valence-corrected chi connectivity index (χ2v) is 14.7. The number of rotatable bonds is 15. The molecule has 49 heavy (non-hydrogen) atoms. The Morgan fingerprint density at radius 3 is 2.04 bits per heavy atom. The number of anilines is 2. The van der Waals surface area contributed by atoms with Gasteiger partial charge in [-0.3, -0.25) is 18.7 Å². The lowest BCUT2D eigenvalue weighted by molar-refractivity contribution is -0.123. The summed E-state index contributed by atoms with van der Waals surface area (Å²) in [6.45, 7) is 5.67. The van der Waals surface area contributed by atoms with Crippen molar-refractivity contribution in [1.29, 1.82) is 0 Å². The van der Waals surface area contributed by atoms with Crippen LogP contribution >= 0.6 is 11.3 Å². The predicted octanol–water partition coefficient (Wildman–Crippen LogP) is 3.81. The third-order valence-electron chi connectivity index (χ3n) is 8.08. The largest absolute Gasteiger partial charge is 0.399 e. The number of hydrogen-bond acceptors (Lipinski definition) is 9. The number of thiazole rings is 1. The molecule has 0 aliphatic rings. The van der Waals surface area contributed by atoms with Gasteiger partial charge in [0, 0.05) is 48.2 Å². The first-order valence-corrected chi connectivity index (χ1v) is 18.5. The van der Waals surface area contributed by atoms with Crippen LogP contribution in [0.1, 0.15) is 70.4 Å². The number of aromatic nitrogens is 1. The van der Waals surface area contributed by atoms with Gasteiger partial charge in [0.15, 0.2) is 0 Å². The van der Waals surface area contributed by atoms with Crippen molar-refractivity contribution < 1.29 is 22.8 Å². The molecule has 14 heteroatoms. The molecular weight excluding hydrogens is 663 g/mol. The molecule has 0 spiro atoms. The maximum Gasteiger partial charge on any atom is 0.251 e. The van der Waals surface area contributed by atoms with Gasteiger partial charge in [0.25, 0.3) is 11.8 Å². The second kappa shape index (κ2) is 16.5. The summed E-state index contributed by atoms with van der Waals surface area (Å²) in [5.41, 5.74) is 11.0. The number of amides is 3. The zero-order valence-corrected chi connectivity index (χ0v) is 29.8. The van der Waals surface area contributed by atoms with E-state index in [0.29, 0.717) is 12.1 Å². The molecule has 0 fully saturated rings. The molecule has 12 nitrogen and oxygen atoms in total. The van der Waals surface area contributed by atoms with Crippen molar-refractivity contribution in [3.63, 3.8) is 0 Å². The lowest BCUT2D eigenvalue weighted by Gasteiger charge is -2.24. The maximum atomic E-state index is 13.8. The van der Waals surface area contributed by atoms with Gasteiger partial charge in [0.05, 0.1) is 41.3 Å². The molecular formula is C35H43N7O5S2. The topological polar surface area (TPSA) is 176 Å². The predicted molar refractivity (Wildman–Crippen MR) is 194 cm³/mol. The molecule has 0 bridgehead atoms. The Hall–Kier alpha value is -4.79. The van der Waals surface area contributed by atoms with Crippen LogP contribution in [0.2, 0.25) is 0 Å². The number of nitrogens with zero attached hydrogens (tertiary/aromatic N) is 2. The number of carbonyl (C=O) groups is 3. The molecule has 0 unspecified atom stereocenters. The SMILES string of the molecule is C[C@H](NC[C@H](Cc1cscn1)NC(=O)c1cc(C(=O)N[C@H](C)c2ccccc2)cc(N(C)S(C)(=O)=O)c1)C(=O)N[C@H](C)c1ccc(N)cc1. The summed E-state index contributed by atoms with van der Waals surface area (Å²) in [7, 11) is -2.35. The fraction of sp³-hybridized carbons (Fsp3) is 0.314. The first-order chi connectivity index (χ1) is 23.2. The minimum atomic E-state index is -3.71. The molecule has 1 aromatic heterocycles. The van der Waals surface area contributed by atoms with Gasteiger partial charge in [-0.05, 0) is 62.2 Å². The summed E-state index contributed by atoms with van der Waals surface area (Å²) in [6.07, 6.45) is 1.41. The molecule has 0 aliphatic carbocycles. The first kappa shape index (κ1) is 37.0. The molecule has 4 rings (SSSR count). The van der Waals surface area contributed by atoms with Crippen molar-refractivity contribution in [1.82, 2.24) is 26.3 Å². The number of carbonyl (C=O) groups excluding carboxylic acids is 3. The average molecular weight is 706 g/mol. The van der Waals surface area contributed by atoms with Gasteiger partial charge in [0.2, 0.25) is 15.9 Å². The minimum Gasteiger partial charge on any atom is -0.399 e. The fourth-order valence-electron chi connectivity index (χ4n) is 5.00. The van der Waals surface area contributed by atoms with Gasteiger partial charge >= 0.3 is 0 Å². The van der Waals surface area contributed by atoms with E-state index in [4.69, 9.17) is 5.73 Å². The zero-order chi connectivity index (χ0) is 35.7. The van der Waals surface area contributed by atoms with Crippen molar-refractivity contribution in [3.8, 4) is 0 Å². The van der Waals surface area contributed by atoms with Crippen LogP contribution in [-0.2, 0) is 21.2 Å². The van der Waals surface area contributed by atoms with Gasteiger partial charge in [-0.15, -0.1) is 11.3 Å². The molecule has 3 amide bonds. The summed E-state index contributed by atoms with van der Waals surface area (Å²) in [4.78, 5) is 44.6. The summed E-state index contributed by atoms with van der Waals surface area (Å²) >= 11 is 1.42. The third-order valence-corrected chi connectivity index (χ3v) is 9.92. The number of hydrogen-bond donors (Lipinski definition) is 5. The summed E-state index contributed by atoms with van der Waals surface area (Å²) in [5.74, 6) is -1.21. The van der Waals surface area contributed by atoms with Crippen LogP contribution in [-0.4, -0.2) is 63.1 Å². The average Bonchev–Trinajstić information content (AvgIpc) is 3.59. The number of nitrogens with two attached hydrogens (primary N) is 1. The number of benzene rings is 3. The van der Waals surface area contributed by atoms with Crippen LogP contribution in [0.4, 0.5) is 11.4 Å². The fourth-order valence-corrected chi connectivity index (χ4v) is 6.06. The molecule has 4 atom stereocenters. The smallest absolute Gasteiger partial charge is 0.251 e. The van der Waals surface area contributed by atoms with E-state index >= 15 is 0 Å². The Kier molecular flexibility index (Phi) is 12.5. The Morgan fingerprint density at radius 2 is 1.45 bits per heavy atom. The van der Waals surface area contributed by atoms with Crippen LogP contribution in [0.15, 0.2) is 83.7 Å². The molecule has 6 N–H and O–H groups in total. The molecule has 1 heterocycles. The first-order valence-electron chi connectivity index (χ1n) is 15.7. The quantitative estimate of drug-likeness (QED) is 0.116. The molecule has 0 saturated heterocycles. The molecule has 260 valence electrons. The lowest BCUT2D eigenvalue weighted by atomic mass is 10.0. The summed E-state index contributed by atoms with van der Waals surface area (Å²) in [6, 6.07) is 19.3. The highest BCUT2D eigenvalue weighted by Crippen LogP contribution is 2.22. The Bertz CT molecular complexity index is 1840. The van der Waals surface area contributed by atoms with E-state index in [1.807, 2.05) is 61.7 Å². The highest BCUT2D eigenvalue weighted by atomic mass is 32.2. The number of nitrogen functional groups attached to an aromatic ring is 1. The Morgan fingerprint density at radius 1 is 0.857 bits per heavy atom. The van der Waals surface area contributed by atoms with Gasteiger partial charge in [-0.1, -0.05) is 42.5 Å². The highest BCUT2D eigenvalue weighted by Gasteiger charge is 2.23. The molecule has 0 saturated carbocycles. The molecule has 0 aliphatic heterocycles. The Labute approximate surface area is 291 Å². The van der Waals surface area contributed by atoms with E-state index in [-0.39, 0.29) is 41.3 Å². The van der Waals surface area contributed by atoms with Crippen LogP contribution in [0.5, 0.6) is 0 Å². The standard InChI is InChI=1S/C35H43N7O5S2/c1-22(25-9-7-6-8-10-25)40-34(44)27-15-28(17-32(16-27)42(4)49(5,46)47)35(45)41-30(18-31-20-48-21-38-31)19-37-24(3)33(43)39-23(2)26-11-13-29(36)14-12-26/h6-17,20-24,30,37H,18-19,36H2,1-5H3,(H,39,43)(H,40,44)(H,41,45)/t22-,23-,24+,30+/m1/s1. The van der Waals surface area contributed by atoms with Crippen LogP contribution in [0, 0.1) is 0 Å². The van der Waals surface area contributed by atoms with E-state index in [9.17, 15) is 22.8 Å². The third kappa shape index (κ3) is 10.6. The molecule has 0 radical (unpaired) electrons. The Balaban J connectivity index is 1.52. The number of nitrogens with one attached hydrogen (secondary N) is 4. The highest BCUT2D eigenvalue weighted by molar-refractivity contribution is 7.92. The van der Waals surface area contributed by atoms with Crippen LogP contribution < -0.4 is 31.3 Å². The van der Waals surface area contributed by atoms with Crippen LogP contribution in [0.3, 0.4) is 0 Å². The number of sulfonamides is 1. The van der Waals surface area contributed by atoms with Crippen molar-refractivity contribution in [2.45, 2.75) is 51.4 Å². The summed E-state index contributed by atoms with van der Waals surface area (Å²) < 4.78 is 25.9. The minimum absolute atomic E-state index is 0.0944. The van der Waals surface area contributed by atoms with Crippen molar-refractivity contribution in [2.75, 3.05) is 29.9 Å². The second-order valence-electron chi connectivity index (χ2n) is 12.0. The zero-order valence-electron chi connectivity index (χ0n) is 28.1. The van der Waals surface area contributed by atoms with E-state index in [1.165, 1.54) is 36.6 Å². The van der Waals surface area contributed by atoms with E-state index in [2.05, 4.69) is 26.3 Å². The monoisotopic (exact) mass is 705 g/mol.